The number of methoxy groups -OCH3 is 2. The fourth-order valence-electron chi connectivity index (χ4n) is 1.80. The summed E-state index contributed by atoms with van der Waals surface area (Å²) in [5.41, 5.74) is 6.47. The van der Waals surface area contributed by atoms with Crippen molar-refractivity contribution >= 4 is 5.97 Å². The molecule has 6 nitrogen and oxygen atoms in total. The van der Waals surface area contributed by atoms with Crippen LogP contribution in [0.25, 0.3) is 0 Å². The number of hydrogen-bond acceptors (Lipinski definition) is 5. The highest BCUT2D eigenvalue weighted by Crippen LogP contribution is 2.42. The molecule has 0 aliphatic heterocycles. The molecule has 0 radical (unpaired) electrons. The van der Waals surface area contributed by atoms with Gasteiger partial charge in [0, 0.05) is 11.6 Å². The molecule has 0 aliphatic carbocycles. The summed E-state index contributed by atoms with van der Waals surface area (Å²) < 4.78 is 16.0. The number of carbonyl (C=O) groups is 1. The third kappa shape index (κ3) is 3.51. The molecule has 0 aliphatic rings. The van der Waals surface area contributed by atoms with Crippen molar-refractivity contribution in [2.24, 2.45) is 5.73 Å². The van der Waals surface area contributed by atoms with E-state index in [1.807, 2.05) is 6.92 Å². The Labute approximate surface area is 112 Å². The molecule has 106 valence electrons. The summed E-state index contributed by atoms with van der Waals surface area (Å²) in [6.45, 7) is 2.24. The van der Waals surface area contributed by atoms with E-state index in [9.17, 15) is 4.79 Å². The molecule has 1 unspecified atom stereocenters. The van der Waals surface area contributed by atoms with Gasteiger partial charge in [0.05, 0.1) is 27.2 Å². The van der Waals surface area contributed by atoms with E-state index >= 15 is 0 Å². The molecule has 19 heavy (non-hydrogen) atoms. The lowest BCUT2D eigenvalue weighted by Crippen LogP contribution is -2.16. The average molecular weight is 269 g/mol. The van der Waals surface area contributed by atoms with Crippen LogP contribution in [0.15, 0.2) is 12.1 Å². The highest BCUT2D eigenvalue weighted by Gasteiger charge is 2.21. The maximum atomic E-state index is 10.8. The van der Waals surface area contributed by atoms with Gasteiger partial charge in [-0.1, -0.05) is 0 Å². The molecule has 1 rings (SSSR count). The Hall–Kier alpha value is -1.95. The first-order valence-corrected chi connectivity index (χ1v) is 5.90. The van der Waals surface area contributed by atoms with Crippen molar-refractivity contribution < 1.29 is 24.1 Å². The van der Waals surface area contributed by atoms with Crippen LogP contribution in [0.2, 0.25) is 0 Å². The van der Waals surface area contributed by atoms with E-state index in [0.29, 0.717) is 29.4 Å². The summed E-state index contributed by atoms with van der Waals surface area (Å²) in [5.74, 6) is 0.391. The van der Waals surface area contributed by atoms with Crippen molar-refractivity contribution in [3.8, 4) is 17.2 Å². The standard InChI is InChI=1S/C13H19NO5/c1-4-19-12-8(9(14)7-11(15)16)5-6-10(17-2)13(12)18-3/h5-6,9H,4,7,14H2,1-3H3,(H,15,16). The summed E-state index contributed by atoms with van der Waals surface area (Å²) in [7, 11) is 3.01. The van der Waals surface area contributed by atoms with E-state index in [-0.39, 0.29) is 6.42 Å². The highest BCUT2D eigenvalue weighted by atomic mass is 16.5. The average Bonchev–Trinajstić information content (AvgIpc) is 2.37. The van der Waals surface area contributed by atoms with Crippen molar-refractivity contribution in [1.82, 2.24) is 0 Å². The Morgan fingerprint density at radius 2 is 2.00 bits per heavy atom. The molecular formula is C13H19NO5. The van der Waals surface area contributed by atoms with Crippen LogP contribution in [0.1, 0.15) is 24.9 Å². The third-order valence-corrected chi connectivity index (χ3v) is 2.61. The van der Waals surface area contributed by atoms with Crippen LogP contribution < -0.4 is 19.9 Å². The minimum Gasteiger partial charge on any atom is -0.493 e. The molecule has 1 atom stereocenters. The summed E-state index contributed by atoms with van der Waals surface area (Å²) in [6.07, 6.45) is -0.185. The van der Waals surface area contributed by atoms with E-state index in [1.54, 1.807) is 12.1 Å². The SMILES string of the molecule is CCOc1c(C(N)CC(=O)O)ccc(OC)c1OC. The summed E-state index contributed by atoms with van der Waals surface area (Å²) in [6, 6.07) is 2.71. The summed E-state index contributed by atoms with van der Waals surface area (Å²) in [5, 5.41) is 8.82. The van der Waals surface area contributed by atoms with Crippen LogP contribution in [0.3, 0.4) is 0 Å². The van der Waals surface area contributed by atoms with Gasteiger partial charge in [-0.25, -0.2) is 0 Å². The highest BCUT2D eigenvalue weighted by molar-refractivity contribution is 5.68. The van der Waals surface area contributed by atoms with Crippen LogP contribution >= 0.6 is 0 Å². The lowest BCUT2D eigenvalue weighted by molar-refractivity contribution is -0.137. The number of aliphatic carboxylic acids is 1. The Morgan fingerprint density at radius 3 is 2.47 bits per heavy atom. The lowest BCUT2D eigenvalue weighted by atomic mass is 10.0. The topological polar surface area (TPSA) is 91.0 Å². The van der Waals surface area contributed by atoms with E-state index < -0.39 is 12.0 Å². The van der Waals surface area contributed by atoms with Crippen molar-refractivity contribution in [2.45, 2.75) is 19.4 Å². The molecule has 0 bridgehead atoms. The zero-order valence-corrected chi connectivity index (χ0v) is 11.3. The zero-order valence-electron chi connectivity index (χ0n) is 11.3. The van der Waals surface area contributed by atoms with Crippen LogP contribution in [-0.4, -0.2) is 31.9 Å². The Balaban J connectivity index is 3.26. The molecule has 3 N–H and O–H groups in total. The Bertz CT molecular complexity index is 447. The Morgan fingerprint density at radius 1 is 1.32 bits per heavy atom. The predicted octanol–water partition coefficient (Wildman–Crippen LogP) is 1.58. The minimum absolute atomic E-state index is 0.185. The molecule has 1 aromatic carbocycles. The van der Waals surface area contributed by atoms with Crippen LogP contribution in [-0.2, 0) is 4.79 Å². The monoisotopic (exact) mass is 269 g/mol. The molecule has 0 saturated carbocycles. The maximum Gasteiger partial charge on any atom is 0.305 e. The van der Waals surface area contributed by atoms with E-state index in [1.165, 1.54) is 14.2 Å². The smallest absolute Gasteiger partial charge is 0.305 e. The van der Waals surface area contributed by atoms with Gasteiger partial charge in [0.1, 0.15) is 0 Å². The largest absolute Gasteiger partial charge is 0.493 e. The van der Waals surface area contributed by atoms with Gasteiger partial charge in [-0.2, -0.15) is 0 Å². The normalized spacial score (nSPS) is 11.8. The van der Waals surface area contributed by atoms with Gasteiger partial charge in [-0.15, -0.1) is 0 Å². The predicted molar refractivity (Wildman–Crippen MR) is 69.9 cm³/mol. The van der Waals surface area contributed by atoms with E-state index in [4.69, 9.17) is 25.1 Å². The molecule has 0 heterocycles. The number of carboxylic acids is 1. The van der Waals surface area contributed by atoms with Crippen molar-refractivity contribution in [1.29, 1.82) is 0 Å². The first-order chi connectivity index (χ1) is 9.04. The van der Waals surface area contributed by atoms with Crippen molar-refractivity contribution in [3.05, 3.63) is 17.7 Å². The molecule has 6 heteroatoms. The molecule has 0 amide bonds. The van der Waals surface area contributed by atoms with Crippen molar-refractivity contribution in [2.75, 3.05) is 20.8 Å². The van der Waals surface area contributed by atoms with Gasteiger partial charge in [0.25, 0.3) is 0 Å². The summed E-state index contributed by atoms with van der Waals surface area (Å²) in [4.78, 5) is 10.8. The number of hydrogen-bond donors (Lipinski definition) is 2. The van der Waals surface area contributed by atoms with Gasteiger partial charge in [0.15, 0.2) is 11.5 Å². The lowest BCUT2D eigenvalue weighted by Gasteiger charge is -2.19. The molecule has 1 aromatic rings. The number of nitrogens with two attached hydrogens (primary N) is 1. The zero-order chi connectivity index (χ0) is 14.4. The van der Waals surface area contributed by atoms with Gasteiger partial charge in [0.2, 0.25) is 5.75 Å². The second-order valence-corrected chi connectivity index (χ2v) is 3.86. The summed E-state index contributed by atoms with van der Waals surface area (Å²) >= 11 is 0. The maximum absolute atomic E-state index is 10.8. The number of rotatable bonds is 7. The number of carboxylic acid groups (broad SMARTS) is 1. The van der Waals surface area contributed by atoms with E-state index in [0.717, 1.165) is 0 Å². The first kappa shape index (κ1) is 15.1. The molecule has 0 aromatic heterocycles. The molecule has 0 fully saturated rings. The quantitative estimate of drug-likeness (QED) is 0.781. The first-order valence-electron chi connectivity index (χ1n) is 5.90. The van der Waals surface area contributed by atoms with Crippen molar-refractivity contribution in [3.63, 3.8) is 0 Å². The van der Waals surface area contributed by atoms with Gasteiger partial charge in [-0.05, 0) is 19.1 Å². The molecular weight excluding hydrogens is 250 g/mol. The molecule has 0 saturated heterocycles. The second-order valence-electron chi connectivity index (χ2n) is 3.86. The number of ether oxygens (including phenoxy) is 3. The number of benzene rings is 1. The Kier molecular flexibility index (Phi) is 5.44. The van der Waals surface area contributed by atoms with Crippen LogP contribution in [0, 0.1) is 0 Å². The van der Waals surface area contributed by atoms with Gasteiger partial charge >= 0.3 is 5.97 Å². The fraction of sp³-hybridized carbons (Fsp3) is 0.462. The van der Waals surface area contributed by atoms with Gasteiger partial charge in [-0.3, -0.25) is 4.79 Å². The fourth-order valence-corrected chi connectivity index (χ4v) is 1.80. The van der Waals surface area contributed by atoms with Gasteiger partial charge < -0.3 is 25.1 Å². The van der Waals surface area contributed by atoms with Crippen LogP contribution in [0.5, 0.6) is 17.2 Å². The third-order valence-electron chi connectivity index (χ3n) is 2.61. The van der Waals surface area contributed by atoms with Crippen LogP contribution in [0.4, 0.5) is 0 Å². The minimum atomic E-state index is -0.968. The second kappa shape index (κ2) is 6.84. The molecule has 0 spiro atoms. The van der Waals surface area contributed by atoms with E-state index in [2.05, 4.69) is 0 Å².